The summed E-state index contributed by atoms with van der Waals surface area (Å²) in [4.78, 5) is 12.5. The minimum absolute atomic E-state index is 0.00886. The Balaban J connectivity index is 2.15. The predicted octanol–water partition coefficient (Wildman–Crippen LogP) is 3.32. The Hall–Kier alpha value is -1.06. The summed E-state index contributed by atoms with van der Waals surface area (Å²) >= 11 is 5.96. The molecule has 0 atom stereocenters. The van der Waals surface area contributed by atoms with Crippen molar-refractivity contribution in [3.8, 4) is 0 Å². The first-order chi connectivity index (χ1) is 9.46. The van der Waals surface area contributed by atoms with E-state index in [4.69, 9.17) is 11.6 Å². The molecule has 1 aromatic rings. The molecule has 0 saturated heterocycles. The lowest BCUT2D eigenvalue weighted by molar-refractivity contribution is 0.0716. The molecule has 2 rings (SSSR count). The Kier molecular flexibility index (Phi) is 4.71. The van der Waals surface area contributed by atoms with Crippen LogP contribution < -0.4 is 5.32 Å². The van der Waals surface area contributed by atoms with Crippen molar-refractivity contribution in [2.45, 2.75) is 45.1 Å². The Bertz CT molecular complexity index is 493. The van der Waals surface area contributed by atoms with E-state index in [2.05, 4.69) is 12.2 Å². The van der Waals surface area contributed by atoms with Gasteiger partial charge in [0.15, 0.2) is 0 Å². The van der Waals surface area contributed by atoms with Crippen LogP contribution >= 0.6 is 11.6 Å². The number of aliphatic hydroxyl groups excluding tert-OH is 1. The fourth-order valence-corrected chi connectivity index (χ4v) is 2.96. The Labute approximate surface area is 125 Å². The molecule has 1 aliphatic rings. The third-order valence-corrected chi connectivity index (χ3v) is 4.59. The third-order valence-electron chi connectivity index (χ3n) is 4.36. The summed E-state index contributed by atoms with van der Waals surface area (Å²) in [5.74, 6) is 0.521. The first-order valence-electron chi connectivity index (χ1n) is 7.15. The molecule has 0 aliphatic heterocycles. The molecule has 20 heavy (non-hydrogen) atoms. The molecule has 110 valence electrons. The second-order valence-electron chi connectivity index (χ2n) is 6.03. The van der Waals surface area contributed by atoms with Crippen molar-refractivity contribution in [2.75, 3.05) is 6.61 Å². The molecule has 0 bridgehead atoms. The van der Waals surface area contributed by atoms with Gasteiger partial charge in [-0.1, -0.05) is 24.6 Å². The molecular weight excluding hydrogens is 274 g/mol. The minimum atomic E-state index is -0.474. The molecule has 0 radical (unpaired) electrons. The smallest absolute Gasteiger partial charge is 0.252 e. The van der Waals surface area contributed by atoms with Gasteiger partial charge in [-0.3, -0.25) is 4.79 Å². The lowest BCUT2D eigenvalue weighted by Crippen LogP contribution is -2.53. The lowest BCUT2D eigenvalue weighted by Gasteiger charge is -2.38. The number of rotatable bonds is 3. The van der Waals surface area contributed by atoms with Gasteiger partial charge in [-0.15, -0.1) is 0 Å². The van der Waals surface area contributed by atoms with Crippen LogP contribution in [-0.2, 0) is 0 Å². The van der Waals surface area contributed by atoms with Gasteiger partial charge in [0.1, 0.15) is 0 Å². The van der Waals surface area contributed by atoms with E-state index < -0.39 is 5.54 Å². The normalized spacial score (nSPS) is 26.3. The van der Waals surface area contributed by atoms with Gasteiger partial charge in [0, 0.05) is 10.6 Å². The van der Waals surface area contributed by atoms with E-state index in [1.54, 1.807) is 12.1 Å². The van der Waals surface area contributed by atoms with Gasteiger partial charge >= 0.3 is 0 Å². The molecular formula is C16H22ClNO2. The maximum atomic E-state index is 12.5. The third kappa shape index (κ3) is 3.33. The number of aryl methyl sites for hydroxylation is 1. The highest BCUT2D eigenvalue weighted by Gasteiger charge is 2.35. The second kappa shape index (κ2) is 6.15. The van der Waals surface area contributed by atoms with Crippen LogP contribution in [-0.4, -0.2) is 23.2 Å². The number of carbonyl (C=O) groups is 1. The van der Waals surface area contributed by atoms with Gasteiger partial charge < -0.3 is 10.4 Å². The summed E-state index contributed by atoms with van der Waals surface area (Å²) in [7, 11) is 0. The number of carbonyl (C=O) groups excluding carboxylic acids is 1. The summed E-state index contributed by atoms with van der Waals surface area (Å²) in [6.45, 7) is 4.09. The average Bonchev–Trinajstić information content (AvgIpc) is 2.44. The number of amides is 1. The van der Waals surface area contributed by atoms with Crippen LogP contribution in [0.5, 0.6) is 0 Å². The first kappa shape index (κ1) is 15.3. The van der Waals surface area contributed by atoms with Crippen LogP contribution in [0, 0.1) is 12.8 Å². The molecule has 4 heteroatoms. The summed E-state index contributed by atoms with van der Waals surface area (Å²) in [5, 5.41) is 13.3. The van der Waals surface area contributed by atoms with Gasteiger partial charge in [-0.2, -0.15) is 0 Å². The zero-order valence-electron chi connectivity index (χ0n) is 12.1. The van der Waals surface area contributed by atoms with Crippen molar-refractivity contribution in [2.24, 2.45) is 5.92 Å². The topological polar surface area (TPSA) is 49.3 Å². The van der Waals surface area contributed by atoms with Crippen molar-refractivity contribution in [3.63, 3.8) is 0 Å². The van der Waals surface area contributed by atoms with Crippen LogP contribution in [0.1, 0.15) is 48.5 Å². The highest BCUT2D eigenvalue weighted by molar-refractivity contribution is 6.31. The van der Waals surface area contributed by atoms with Crippen molar-refractivity contribution in [3.05, 3.63) is 34.3 Å². The standard InChI is InChI=1S/C16H22ClNO2/c1-11-5-7-16(10-19,8-6-11)18-15(20)14-9-13(17)4-3-12(14)2/h3-4,9,11,19H,5-8,10H2,1-2H3,(H,18,20). The molecule has 1 amide bonds. The molecule has 3 nitrogen and oxygen atoms in total. The minimum Gasteiger partial charge on any atom is -0.394 e. The second-order valence-corrected chi connectivity index (χ2v) is 6.47. The number of aliphatic hydroxyl groups is 1. The number of hydrogen-bond donors (Lipinski definition) is 2. The number of benzene rings is 1. The van der Waals surface area contributed by atoms with E-state index in [9.17, 15) is 9.90 Å². The molecule has 0 heterocycles. The summed E-state index contributed by atoms with van der Waals surface area (Å²) in [6.07, 6.45) is 3.73. The fraction of sp³-hybridized carbons (Fsp3) is 0.562. The van der Waals surface area contributed by atoms with E-state index in [1.807, 2.05) is 13.0 Å². The van der Waals surface area contributed by atoms with E-state index in [1.165, 1.54) is 0 Å². The van der Waals surface area contributed by atoms with Crippen molar-refractivity contribution >= 4 is 17.5 Å². The van der Waals surface area contributed by atoms with Gasteiger partial charge in [-0.05, 0) is 56.2 Å². The number of hydrogen-bond acceptors (Lipinski definition) is 2. The lowest BCUT2D eigenvalue weighted by atomic mass is 9.77. The molecule has 0 spiro atoms. The molecule has 1 fully saturated rings. The maximum absolute atomic E-state index is 12.5. The van der Waals surface area contributed by atoms with Gasteiger partial charge in [0.2, 0.25) is 0 Å². The van der Waals surface area contributed by atoms with Crippen LogP contribution in [0.15, 0.2) is 18.2 Å². The van der Waals surface area contributed by atoms with E-state index in [-0.39, 0.29) is 12.5 Å². The highest BCUT2D eigenvalue weighted by Crippen LogP contribution is 2.32. The zero-order chi connectivity index (χ0) is 14.8. The zero-order valence-corrected chi connectivity index (χ0v) is 12.8. The van der Waals surface area contributed by atoms with Gasteiger partial charge in [-0.25, -0.2) is 0 Å². The number of nitrogens with one attached hydrogen (secondary N) is 1. The van der Waals surface area contributed by atoms with E-state index >= 15 is 0 Å². The summed E-state index contributed by atoms with van der Waals surface area (Å²) < 4.78 is 0. The summed E-state index contributed by atoms with van der Waals surface area (Å²) in [5.41, 5.74) is 1.01. The average molecular weight is 296 g/mol. The van der Waals surface area contributed by atoms with Crippen LogP contribution in [0.4, 0.5) is 0 Å². The largest absolute Gasteiger partial charge is 0.394 e. The maximum Gasteiger partial charge on any atom is 0.252 e. The Morgan fingerprint density at radius 1 is 1.45 bits per heavy atom. The molecule has 1 saturated carbocycles. The fourth-order valence-electron chi connectivity index (χ4n) is 2.78. The van der Waals surface area contributed by atoms with Gasteiger partial charge in [0.05, 0.1) is 12.1 Å². The SMILES string of the molecule is Cc1ccc(Cl)cc1C(=O)NC1(CO)CCC(C)CC1. The monoisotopic (exact) mass is 295 g/mol. The van der Waals surface area contributed by atoms with Crippen molar-refractivity contribution < 1.29 is 9.90 Å². The summed E-state index contributed by atoms with van der Waals surface area (Å²) in [6, 6.07) is 5.30. The quantitative estimate of drug-likeness (QED) is 0.899. The van der Waals surface area contributed by atoms with E-state index in [0.29, 0.717) is 16.5 Å². The first-order valence-corrected chi connectivity index (χ1v) is 7.53. The molecule has 0 unspecified atom stereocenters. The molecule has 2 N–H and O–H groups in total. The van der Waals surface area contributed by atoms with Crippen LogP contribution in [0.3, 0.4) is 0 Å². The van der Waals surface area contributed by atoms with Crippen molar-refractivity contribution in [1.82, 2.24) is 5.32 Å². The highest BCUT2D eigenvalue weighted by atomic mass is 35.5. The van der Waals surface area contributed by atoms with Gasteiger partial charge in [0.25, 0.3) is 5.91 Å². The van der Waals surface area contributed by atoms with Crippen LogP contribution in [0.25, 0.3) is 0 Å². The Morgan fingerprint density at radius 3 is 2.70 bits per heavy atom. The number of halogens is 1. The Morgan fingerprint density at radius 2 is 2.10 bits per heavy atom. The molecule has 1 aliphatic carbocycles. The van der Waals surface area contributed by atoms with E-state index in [0.717, 1.165) is 31.2 Å². The molecule has 0 aromatic heterocycles. The van der Waals surface area contributed by atoms with Crippen molar-refractivity contribution in [1.29, 1.82) is 0 Å². The molecule has 1 aromatic carbocycles. The predicted molar refractivity (Wildman–Crippen MR) is 81.1 cm³/mol. The van der Waals surface area contributed by atoms with Crippen LogP contribution in [0.2, 0.25) is 5.02 Å².